The van der Waals surface area contributed by atoms with Gasteiger partial charge in [0.05, 0.1) is 26.9 Å². The number of carbonyl (C=O) groups is 1. The standard InChI is InChI=1S/C14H20N4O4/c1-20-12-13(16-4-3-15-12)22-11-2-5-18(10-11)14(19)17-6-8-21-9-7-17/h3-4,11H,2,5-10H2,1H3. The van der Waals surface area contributed by atoms with Crippen LogP contribution in [0.1, 0.15) is 6.42 Å². The highest BCUT2D eigenvalue weighted by Gasteiger charge is 2.31. The largest absolute Gasteiger partial charge is 0.477 e. The van der Waals surface area contributed by atoms with Gasteiger partial charge in [-0.05, 0) is 0 Å². The van der Waals surface area contributed by atoms with E-state index in [4.69, 9.17) is 14.2 Å². The van der Waals surface area contributed by atoms with Crippen molar-refractivity contribution < 1.29 is 19.0 Å². The van der Waals surface area contributed by atoms with Crippen LogP contribution >= 0.6 is 0 Å². The Bertz CT molecular complexity index is 521. The summed E-state index contributed by atoms with van der Waals surface area (Å²) < 4.78 is 16.2. The lowest BCUT2D eigenvalue weighted by Crippen LogP contribution is -2.47. The van der Waals surface area contributed by atoms with Gasteiger partial charge >= 0.3 is 6.03 Å². The average Bonchev–Trinajstić information content (AvgIpc) is 3.04. The molecule has 2 amide bonds. The number of morpholine rings is 1. The van der Waals surface area contributed by atoms with Crippen LogP contribution in [0.15, 0.2) is 12.4 Å². The summed E-state index contributed by atoms with van der Waals surface area (Å²) in [5, 5.41) is 0. The van der Waals surface area contributed by atoms with Gasteiger partial charge in [-0.2, -0.15) is 0 Å². The first kappa shape index (κ1) is 14.8. The highest BCUT2D eigenvalue weighted by atomic mass is 16.5. The maximum absolute atomic E-state index is 12.4. The van der Waals surface area contributed by atoms with Crippen molar-refractivity contribution in [3.63, 3.8) is 0 Å². The fraction of sp³-hybridized carbons (Fsp3) is 0.643. The van der Waals surface area contributed by atoms with Crippen LogP contribution < -0.4 is 9.47 Å². The number of likely N-dealkylation sites (tertiary alicyclic amines) is 1. The van der Waals surface area contributed by atoms with E-state index in [2.05, 4.69) is 9.97 Å². The van der Waals surface area contributed by atoms with E-state index in [9.17, 15) is 4.79 Å². The zero-order chi connectivity index (χ0) is 15.4. The summed E-state index contributed by atoms with van der Waals surface area (Å²) >= 11 is 0. The molecule has 1 unspecified atom stereocenters. The molecule has 2 saturated heterocycles. The normalized spacial score (nSPS) is 21.8. The van der Waals surface area contributed by atoms with Crippen LogP contribution in [-0.4, -0.2) is 78.4 Å². The molecule has 2 aliphatic rings. The topological polar surface area (TPSA) is 77.0 Å². The maximum atomic E-state index is 12.4. The molecule has 1 aromatic heterocycles. The molecule has 120 valence electrons. The Balaban J connectivity index is 1.56. The van der Waals surface area contributed by atoms with E-state index >= 15 is 0 Å². The molecule has 0 radical (unpaired) electrons. The Morgan fingerprint density at radius 3 is 2.64 bits per heavy atom. The summed E-state index contributed by atoms with van der Waals surface area (Å²) in [5.74, 6) is 0.733. The van der Waals surface area contributed by atoms with E-state index in [-0.39, 0.29) is 12.1 Å². The summed E-state index contributed by atoms with van der Waals surface area (Å²) in [6, 6.07) is 0.0560. The Kier molecular flexibility index (Phi) is 4.57. The van der Waals surface area contributed by atoms with Crippen molar-refractivity contribution in [2.45, 2.75) is 12.5 Å². The Labute approximate surface area is 129 Å². The van der Waals surface area contributed by atoms with Crippen molar-refractivity contribution in [2.75, 3.05) is 46.5 Å². The molecule has 8 nitrogen and oxygen atoms in total. The number of hydrogen-bond donors (Lipinski definition) is 0. The van der Waals surface area contributed by atoms with E-state index in [1.54, 1.807) is 12.4 Å². The van der Waals surface area contributed by atoms with Gasteiger partial charge in [0.25, 0.3) is 11.8 Å². The zero-order valence-corrected chi connectivity index (χ0v) is 12.6. The predicted molar refractivity (Wildman–Crippen MR) is 77.0 cm³/mol. The van der Waals surface area contributed by atoms with E-state index in [1.165, 1.54) is 7.11 Å². The first-order chi connectivity index (χ1) is 10.8. The SMILES string of the molecule is COc1nccnc1OC1CCN(C(=O)N2CCOCC2)C1. The van der Waals surface area contributed by atoms with Crippen LogP contribution in [0.25, 0.3) is 0 Å². The molecule has 2 fully saturated rings. The molecular weight excluding hydrogens is 288 g/mol. The molecule has 2 aliphatic heterocycles. The number of ether oxygens (including phenoxy) is 3. The van der Waals surface area contributed by atoms with Gasteiger partial charge in [-0.1, -0.05) is 0 Å². The minimum absolute atomic E-state index is 0.0560. The molecule has 3 heterocycles. The lowest BCUT2D eigenvalue weighted by Gasteiger charge is -2.30. The number of aromatic nitrogens is 2. The third-order valence-corrected chi connectivity index (χ3v) is 3.80. The van der Waals surface area contributed by atoms with Crippen LogP contribution in [0.3, 0.4) is 0 Å². The smallest absolute Gasteiger partial charge is 0.320 e. The van der Waals surface area contributed by atoms with Crippen molar-refractivity contribution in [2.24, 2.45) is 0 Å². The molecule has 0 bridgehead atoms. The molecule has 1 aromatic rings. The molecule has 0 N–H and O–H groups in total. The van der Waals surface area contributed by atoms with Crippen LogP contribution in [-0.2, 0) is 4.74 Å². The first-order valence-electron chi connectivity index (χ1n) is 7.41. The summed E-state index contributed by atoms with van der Waals surface area (Å²) in [6.07, 6.45) is 3.80. The zero-order valence-electron chi connectivity index (χ0n) is 12.6. The number of nitrogens with zero attached hydrogens (tertiary/aromatic N) is 4. The predicted octanol–water partition coefficient (Wildman–Crippen LogP) is 0.390. The minimum atomic E-state index is -0.0874. The van der Waals surface area contributed by atoms with Crippen LogP contribution in [0.5, 0.6) is 11.8 Å². The summed E-state index contributed by atoms with van der Waals surface area (Å²) in [7, 11) is 1.53. The molecular formula is C14H20N4O4. The maximum Gasteiger partial charge on any atom is 0.320 e. The van der Waals surface area contributed by atoms with Gasteiger partial charge in [0.2, 0.25) is 0 Å². The Hall–Kier alpha value is -2.09. The van der Waals surface area contributed by atoms with Crippen LogP contribution in [0, 0.1) is 0 Å². The fourth-order valence-electron chi connectivity index (χ4n) is 2.64. The van der Waals surface area contributed by atoms with Crippen molar-refractivity contribution in [3.05, 3.63) is 12.4 Å². The van der Waals surface area contributed by atoms with Gasteiger partial charge in [0, 0.05) is 38.4 Å². The first-order valence-corrected chi connectivity index (χ1v) is 7.41. The molecule has 0 saturated carbocycles. The molecule has 0 aliphatic carbocycles. The van der Waals surface area contributed by atoms with Gasteiger partial charge in [0.1, 0.15) is 6.10 Å². The van der Waals surface area contributed by atoms with E-state index < -0.39 is 0 Å². The van der Waals surface area contributed by atoms with Gasteiger partial charge in [-0.3, -0.25) is 0 Å². The highest BCUT2D eigenvalue weighted by molar-refractivity contribution is 5.75. The Morgan fingerprint density at radius 2 is 1.91 bits per heavy atom. The van der Waals surface area contributed by atoms with E-state index in [1.807, 2.05) is 9.80 Å². The van der Waals surface area contributed by atoms with Crippen molar-refractivity contribution in [1.82, 2.24) is 19.8 Å². The number of amides is 2. The molecule has 8 heteroatoms. The third kappa shape index (κ3) is 3.22. The number of hydrogen-bond acceptors (Lipinski definition) is 6. The lowest BCUT2D eigenvalue weighted by molar-refractivity contribution is 0.0443. The fourth-order valence-corrected chi connectivity index (χ4v) is 2.64. The third-order valence-electron chi connectivity index (χ3n) is 3.80. The molecule has 1 atom stereocenters. The van der Waals surface area contributed by atoms with E-state index in [0.717, 1.165) is 6.42 Å². The second-order valence-electron chi connectivity index (χ2n) is 5.23. The number of rotatable bonds is 3. The lowest BCUT2D eigenvalue weighted by atomic mass is 10.3. The summed E-state index contributed by atoms with van der Waals surface area (Å²) in [4.78, 5) is 24.2. The molecule has 3 rings (SSSR count). The van der Waals surface area contributed by atoms with Crippen molar-refractivity contribution in [3.8, 4) is 11.8 Å². The second kappa shape index (κ2) is 6.78. The van der Waals surface area contributed by atoms with Gasteiger partial charge < -0.3 is 24.0 Å². The highest BCUT2D eigenvalue weighted by Crippen LogP contribution is 2.24. The minimum Gasteiger partial charge on any atom is -0.477 e. The van der Waals surface area contributed by atoms with Gasteiger partial charge in [-0.25, -0.2) is 14.8 Å². The second-order valence-corrected chi connectivity index (χ2v) is 5.23. The molecule has 22 heavy (non-hydrogen) atoms. The molecule has 0 spiro atoms. The van der Waals surface area contributed by atoms with Crippen molar-refractivity contribution >= 4 is 6.03 Å². The van der Waals surface area contributed by atoms with Gasteiger partial charge in [-0.15, -0.1) is 0 Å². The number of carbonyl (C=O) groups excluding carboxylic acids is 1. The molecule has 0 aromatic carbocycles. The average molecular weight is 308 g/mol. The number of methoxy groups -OCH3 is 1. The van der Waals surface area contributed by atoms with Crippen LogP contribution in [0.4, 0.5) is 4.79 Å². The van der Waals surface area contributed by atoms with Crippen molar-refractivity contribution in [1.29, 1.82) is 0 Å². The summed E-state index contributed by atoms with van der Waals surface area (Å²) in [6.45, 7) is 3.75. The quantitative estimate of drug-likeness (QED) is 0.804. The summed E-state index contributed by atoms with van der Waals surface area (Å²) in [5.41, 5.74) is 0. The monoisotopic (exact) mass is 308 g/mol. The van der Waals surface area contributed by atoms with Gasteiger partial charge in [0.15, 0.2) is 0 Å². The van der Waals surface area contributed by atoms with Crippen LogP contribution in [0.2, 0.25) is 0 Å². The van der Waals surface area contributed by atoms with E-state index in [0.29, 0.717) is 51.2 Å². The Morgan fingerprint density at radius 1 is 1.18 bits per heavy atom. The number of urea groups is 1.